The van der Waals surface area contributed by atoms with Gasteiger partial charge in [-0.3, -0.25) is 4.99 Å². The molecule has 0 aromatic carbocycles. The van der Waals surface area contributed by atoms with Gasteiger partial charge in [-0.05, 0) is 20.8 Å². The number of hydrogen-bond acceptors (Lipinski definition) is 9. The van der Waals surface area contributed by atoms with Crippen LogP contribution in [-0.4, -0.2) is 59.7 Å². The van der Waals surface area contributed by atoms with E-state index in [2.05, 4.69) is 9.73 Å². The molecule has 0 fully saturated rings. The van der Waals surface area contributed by atoms with E-state index in [4.69, 9.17) is 9.47 Å². The van der Waals surface area contributed by atoms with Gasteiger partial charge in [0.25, 0.3) is 0 Å². The van der Waals surface area contributed by atoms with Crippen molar-refractivity contribution in [3.05, 3.63) is 11.3 Å². The van der Waals surface area contributed by atoms with Crippen LogP contribution in [0.4, 0.5) is 0 Å². The van der Waals surface area contributed by atoms with Gasteiger partial charge in [0.15, 0.2) is 6.04 Å². The van der Waals surface area contributed by atoms with Crippen LogP contribution >= 0.6 is 11.8 Å². The van der Waals surface area contributed by atoms with Crippen LogP contribution in [0.1, 0.15) is 20.8 Å². The molecule has 1 unspecified atom stereocenters. The van der Waals surface area contributed by atoms with Gasteiger partial charge in [0.2, 0.25) is 5.76 Å². The zero-order valence-corrected chi connectivity index (χ0v) is 14.0. The summed E-state index contributed by atoms with van der Waals surface area (Å²) in [7, 11) is 0. The smallest absolute Gasteiger partial charge is 0.374 e. The number of rotatable bonds is 7. The van der Waals surface area contributed by atoms with Gasteiger partial charge in [-0.2, -0.15) is 0 Å². The van der Waals surface area contributed by atoms with Crippen molar-refractivity contribution in [3.63, 3.8) is 0 Å². The molecule has 128 valence electrons. The monoisotopic (exact) mass is 345 g/mol. The third kappa shape index (κ3) is 4.98. The van der Waals surface area contributed by atoms with E-state index in [0.717, 1.165) is 11.8 Å². The molecule has 0 amide bonds. The lowest BCUT2D eigenvalue weighted by atomic mass is 10.2. The molecule has 8 nitrogen and oxygen atoms in total. The molecule has 9 heteroatoms. The summed E-state index contributed by atoms with van der Waals surface area (Å²) in [6, 6.07) is -0.797. The molecule has 0 bridgehead atoms. The van der Waals surface area contributed by atoms with Gasteiger partial charge >= 0.3 is 17.9 Å². The first-order valence-corrected chi connectivity index (χ1v) is 8.09. The summed E-state index contributed by atoms with van der Waals surface area (Å²) in [4.78, 5) is 39.4. The fraction of sp³-hybridized carbons (Fsp3) is 0.571. The van der Waals surface area contributed by atoms with E-state index in [9.17, 15) is 19.5 Å². The van der Waals surface area contributed by atoms with Gasteiger partial charge in [0, 0.05) is 5.75 Å². The van der Waals surface area contributed by atoms with Crippen molar-refractivity contribution in [3.8, 4) is 0 Å². The molecule has 0 radical (unpaired) electrons. The maximum Gasteiger partial charge on any atom is 0.374 e. The number of aliphatic hydroxyl groups excluding tert-OH is 1. The van der Waals surface area contributed by atoms with Crippen molar-refractivity contribution < 1.29 is 33.7 Å². The maximum absolute atomic E-state index is 12.0. The number of nitrogens with zero attached hydrogens (tertiary/aromatic N) is 1. The first kappa shape index (κ1) is 19.0. The minimum Gasteiger partial charge on any atom is -0.501 e. The third-order valence-corrected chi connectivity index (χ3v) is 3.67. The zero-order chi connectivity index (χ0) is 17.4. The lowest BCUT2D eigenvalue weighted by Gasteiger charge is -2.09. The number of hydrogen-bond donors (Lipinski definition) is 1. The van der Waals surface area contributed by atoms with Crippen LogP contribution in [0.5, 0.6) is 0 Å². The Hall–Kier alpha value is -2.03. The fourth-order valence-corrected chi connectivity index (χ4v) is 2.71. The molecule has 1 rings (SSSR count). The largest absolute Gasteiger partial charge is 0.501 e. The Morgan fingerprint density at radius 3 is 2.22 bits per heavy atom. The van der Waals surface area contributed by atoms with Gasteiger partial charge in [0.1, 0.15) is 10.6 Å². The first-order valence-electron chi connectivity index (χ1n) is 7.11. The Morgan fingerprint density at radius 2 is 1.65 bits per heavy atom. The van der Waals surface area contributed by atoms with Crippen LogP contribution in [0, 0.1) is 0 Å². The first-order chi connectivity index (χ1) is 11.0. The van der Waals surface area contributed by atoms with Gasteiger partial charge in [-0.25, -0.2) is 14.4 Å². The Bertz CT molecular complexity index is 541. The van der Waals surface area contributed by atoms with Crippen molar-refractivity contribution in [1.29, 1.82) is 0 Å². The lowest BCUT2D eigenvalue weighted by molar-refractivity contribution is -0.144. The van der Waals surface area contributed by atoms with Crippen LogP contribution in [-0.2, 0) is 28.6 Å². The normalized spacial score (nSPS) is 17.9. The van der Waals surface area contributed by atoms with Gasteiger partial charge in [-0.1, -0.05) is 0 Å². The highest BCUT2D eigenvalue weighted by atomic mass is 32.2. The van der Waals surface area contributed by atoms with Crippen molar-refractivity contribution in [2.24, 2.45) is 4.99 Å². The number of aliphatic hydroxyl groups is 1. The van der Waals surface area contributed by atoms with E-state index in [1.807, 2.05) is 0 Å². The van der Waals surface area contributed by atoms with Gasteiger partial charge in [-0.15, -0.1) is 11.8 Å². The van der Waals surface area contributed by atoms with E-state index in [0.29, 0.717) is 0 Å². The van der Waals surface area contributed by atoms with Crippen LogP contribution < -0.4 is 0 Å². The van der Waals surface area contributed by atoms with Gasteiger partial charge in [0.05, 0.1) is 19.8 Å². The molecular formula is C14H19NO7S. The number of ether oxygens (including phenoxy) is 3. The summed E-state index contributed by atoms with van der Waals surface area (Å²) in [5.41, 5.74) is -0.401. The molecule has 0 aromatic heterocycles. The van der Waals surface area contributed by atoms with E-state index >= 15 is 0 Å². The molecular weight excluding hydrogens is 326 g/mol. The van der Waals surface area contributed by atoms with Crippen LogP contribution in [0.15, 0.2) is 16.3 Å². The van der Waals surface area contributed by atoms with Gasteiger partial charge < -0.3 is 19.3 Å². The minimum atomic E-state index is -1.06. The van der Waals surface area contributed by atoms with E-state index < -0.39 is 35.3 Å². The van der Waals surface area contributed by atoms with Crippen molar-refractivity contribution in [2.45, 2.75) is 26.8 Å². The van der Waals surface area contributed by atoms with Crippen molar-refractivity contribution >= 4 is 34.7 Å². The number of carbonyl (C=O) groups excluding carboxylic acids is 3. The predicted octanol–water partition coefficient (Wildman–Crippen LogP) is 1.00. The standard InChI is InChI=1S/C14H19NO7S/c1-4-20-12(17)8-7-23-11(15-8)9(13(18)21-5-2)10(16)14(19)22-6-3/h8,16H,4-7H2,1-3H3/b10-9+. The number of aliphatic imine (C=N–C) groups is 1. The second-order valence-corrected chi connectivity index (χ2v) is 5.19. The Balaban J connectivity index is 3.13. The molecule has 1 aliphatic heterocycles. The Labute approximate surface area is 137 Å². The van der Waals surface area contributed by atoms with Crippen molar-refractivity contribution in [2.75, 3.05) is 25.6 Å². The number of carbonyl (C=O) groups is 3. The summed E-state index contributed by atoms with van der Waals surface area (Å²) in [5.74, 6) is -3.14. The summed E-state index contributed by atoms with van der Waals surface area (Å²) >= 11 is 1.05. The summed E-state index contributed by atoms with van der Waals surface area (Å²) in [5, 5.41) is 10.0. The molecule has 0 saturated carbocycles. The highest BCUT2D eigenvalue weighted by Gasteiger charge is 2.34. The van der Waals surface area contributed by atoms with E-state index in [1.165, 1.54) is 0 Å². The Kier molecular flexibility index (Phi) is 7.60. The van der Waals surface area contributed by atoms with Crippen LogP contribution in [0.2, 0.25) is 0 Å². The molecule has 0 spiro atoms. The number of thioether (sulfide) groups is 1. The SMILES string of the molecule is CCOC(=O)/C(O)=C(\C(=O)OCC)C1=NC(C(=O)OCC)CS1. The van der Waals surface area contributed by atoms with E-state index in [-0.39, 0.29) is 30.6 Å². The second kappa shape index (κ2) is 9.19. The van der Waals surface area contributed by atoms with Crippen LogP contribution in [0.25, 0.3) is 0 Å². The predicted molar refractivity (Wildman–Crippen MR) is 83.2 cm³/mol. The lowest BCUT2D eigenvalue weighted by Crippen LogP contribution is -2.22. The average Bonchev–Trinajstić information content (AvgIpc) is 2.97. The second-order valence-electron chi connectivity index (χ2n) is 4.18. The summed E-state index contributed by atoms with van der Waals surface area (Å²) in [6.45, 7) is 5.11. The molecule has 1 atom stereocenters. The topological polar surface area (TPSA) is 111 Å². The third-order valence-electron chi connectivity index (χ3n) is 2.61. The zero-order valence-electron chi connectivity index (χ0n) is 13.2. The molecule has 23 heavy (non-hydrogen) atoms. The number of esters is 3. The quantitative estimate of drug-likeness (QED) is 0.315. The minimum absolute atomic E-state index is 0.0318. The summed E-state index contributed by atoms with van der Waals surface area (Å²) < 4.78 is 14.4. The summed E-state index contributed by atoms with van der Waals surface area (Å²) in [6.07, 6.45) is 0. The highest BCUT2D eigenvalue weighted by molar-refractivity contribution is 8.14. The molecule has 0 aliphatic carbocycles. The molecule has 1 heterocycles. The molecule has 1 aliphatic rings. The fourth-order valence-electron chi connectivity index (χ4n) is 1.66. The van der Waals surface area contributed by atoms with E-state index in [1.54, 1.807) is 20.8 Å². The maximum atomic E-state index is 12.0. The highest BCUT2D eigenvalue weighted by Crippen LogP contribution is 2.26. The molecule has 0 saturated heterocycles. The average molecular weight is 345 g/mol. The van der Waals surface area contributed by atoms with Crippen molar-refractivity contribution in [1.82, 2.24) is 0 Å². The molecule has 0 aromatic rings. The molecule has 1 N–H and O–H groups in total. The van der Waals surface area contributed by atoms with Crippen LogP contribution in [0.3, 0.4) is 0 Å². The Morgan fingerprint density at radius 1 is 1.09 bits per heavy atom.